The van der Waals surface area contributed by atoms with Crippen LogP contribution in [0.2, 0.25) is 0 Å². The van der Waals surface area contributed by atoms with Crippen molar-refractivity contribution < 1.29 is 23.8 Å². The predicted molar refractivity (Wildman–Crippen MR) is 91.0 cm³/mol. The van der Waals surface area contributed by atoms with Crippen molar-refractivity contribution in [2.75, 3.05) is 27.4 Å². The number of carbonyl (C=O) groups is 2. The first-order valence-electron chi connectivity index (χ1n) is 8.23. The van der Waals surface area contributed by atoms with Crippen LogP contribution in [0, 0.1) is 0 Å². The smallest absolute Gasteiger partial charge is 0.251 e. The molecule has 27 heavy (non-hydrogen) atoms. The first-order valence-corrected chi connectivity index (χ1v) is 8.23. The van der Waals surface area contributed by atoms with Gasteiger partial charge in [0.15, 0.2) is 17.6 Å². The van der Waals surface area contributed by atoms with Crippen LogP contribution in [0.25, 0.3) is 0 Å². The Morgan fingerprint density at radius 2 is 2.19 bits per heavy atom. The van der Waals surface area contributed by atoms with Crippen LogP contribution in [0.4, 0.5) is 0 Å². The summed E-state index contributed by atoms with van der Waals surface area (Å²) in [5, 5.41) is 16.3. The molecule has 1 aliphatic heterocycles. The van der Waals surface area contributed by atoms with Crippen molar-refractivity contribution in [3.63, 3.8) is 0 Å². The molecule has 0 bridgehead atoms. The van der Waals surface area contributed by atoms with Gasteiger partial charge < -0.3 is 24.8 Å². The minimum Gasteiger partial charge on any atom is -0.493 e. The van der Waals surface area contributed by atoms with E-state index in [0.717, 1.165) is 0 Å². The van der Waals surface area contributed by atoms with Crippen molar-refractivity contribution in [3.8, 4) is 11.5 Å². The van der Waals surface area contributed by atoms with E-state index in [9.17, 15) is 9.59 Å². The number of tetrazole rings is 1. The Hall–Kier alpha value is -3.21. The molecule has 2 aromatic rings. The van der Waals surface area contributed by atoms with Gasteiger partial charge in [-0.2, -0.15) is 0 Å². The monoisotopic (exact) mass is 376 g/mol. The van der Waals surface area contributed by atoms with Crippen molar-refractivity contribution in [2.24, 2.45) is 0 Å². The number of carbonyl (C=O) groups excluding carboxylic acids is 2. The van der Waals surface area contributed by atoms with Crippen LogP contribution < -0.4 is 20.1 Å². The number of hydrogen-bond donors (Lipinski definition) is 2. The van der Waals surface area contributed by atoms with Crippen LogP contribution in [-0.4, -0.2) is 65.5 Å². The molecule has 2 amide bonds. The zero-order chi connectivity index (χ0) is 19.2. The maximum Gasteiger partial charge on any atom is 0.251 e. The number of hydrogen-bond acceptors (Lipinski definition) is 8. The third-order valence-corrected chi connectivity index (χ3v) is 4.07. The number of morpholine rings is 1. The third kappa shape index (κ3) is 4.31. The molecule has 2 atom stereocenters. The van der Waals surface area contributed by atoms with Gasteiger partial charge in [-0.3, -0.25) is 9.59 Å². The number of ether oxygens (including phenoxy) is 3. The van der Waals surface area contributed by atoms with E-state index in [0.29, 0.717) is 30.2 Å². The first-order chi connectivity index (χ1) is 13.1. The fourth-order valence-electron chi connectivity index (χ4n) is 2.76. The van der Waals surface area contributed by atoms with Gasteiger partial charge in [-0.25, -0.2) is 4.68 Å². The second-order valence-electron chi connectivity index (χ2n) is 5.76. The zero-order valence-electron chi connectivity index (χ0n) is 14.9. The summed E-state index contributed by atoms with van der Waals surface area (Å²) in [6.45, 7) is 0.546. The molecule has 2 heterocycles. The topological polar surface area (TPSA) is 129 Å². The standard InChI is InChI=1S/C16H20N6O5/c1-25-11-4-3-10(7-12(11)26-2)14-15(27-8-13(23)19-14)16(24)17-5-6-22-9-18-20-21-22/h3-4,7,9,14-15H,5-6,8H2,1-2H3,(H,17,24)(H,19,23)/t14-,15+/m1/s1. The van der Waals surface area contributed by atoms with Crippen molar-refractivity contribution >= 4 is 11.8 Å². The Labute approximate surface area is 155 Å². The van der Waals surface area contributed by atoms with E-state index in [2.05, 4.69) is 26.2 Å². The van der Waals surface area contributed by atoms with E-state index in [4.69, 9.17) is 14.2 Å². The largest absolute Gasteiger partial charge is 0.493 e. The van der Waals surface area contributed by atoms with Crippen molar-refractivity contribution in [1.82, 2.24) is 30.8 Å². The second-order valence-corrected chi connectivity index (χ2v) is 5.76. The molecule has 144 valence electrons. The maximum absolute atomic E-state index is 12.6. The highest BCUT2D eigenvalue weighted by atomic mass is 16.5. The van der Waals surface area contributed by atoms with E-state index >= 15 is 0 Å². The Bertz CT molecular complexity index is 797. The van der Waals surface area contributed by atoms with Gasteiger partial charge in [-0.05, 0) is 28.1 Å². The minimum absolute atomic E-state index is 0.186. The SMILES string of the molecule is COc1ccc([C@H]2NC(=O)CO[C@@H]2C(=O)NCCn2cnnn2)cc1OC. The highest BCUT2D eigenvalue weighted by molar-refractivity contribution is 5.86. The summed E-state index contributed by atoms with van der Waals surface area (Å²) in [6, 6.07) is 4.52. The number of nitrogens with one attached hydrogen (secondary N) is 2. The highest BCUT2D eigenvalue weighted by Crippen LogP contribution is 2.32. The Balaban J connectivity index is 1.72. The Morgan fingerprint density at radius 1 is 1.37 bits per heavy atom. The minimum atomic E-state index is -0.880. The summed E-state index contributed by atoms with van der Waals surface area (Å²) < 4.78 is 17.5. The molecule has 0 unspecified atom stereocenters. The second kappa shape index (κ2) is 8.45. The molecule has 1 saturated heterocycles. The number of amides is 2. The lowest BCUT2D eigenvalue weighted by Crippen LogP contribution is -2.52. The molecule has 1 aromatic heterocycles. The summed E-state index contributed by atoms with van der Waals surface area (Å²) in [4.78, 5) is 24.4. The molecule has 1 fully saturated rings. The van der Waals surface area contributed by atoms with Gasteiger partial charge in [-0.15, -0.1) is 5.10 Å². The summed E-state index contributed by atoms with van der Waals surface area (Å²) >= 11 is 0. The number of aromatic nitrogens is 4. The fourth-order valence-corrected chi connectivity index (χ4v) is 2.76. The van der Waals surface area contributed by atoms with Gasteiger partial charge in [0.1, 0.15) is 12.9 Å². The summed E-state index contributed by atoms with van der Waals surface area (Å²) in [5.41, 5.74) is 0.668. The molecular weight excluding hydrogens is 356 g/mol. The number of benzene rings is 1. The molecular formula is C16H20N6O5. The summed E-state index contributed by atoms with van der Waals surface area (Å²) in [7, 11) is 3.05. The Kier molecular flexibility index (Phi) is 5.81. The van der Waals surface area contributed by atoms with Gasteiger partial charge in [0.25, 0.3) is 5.91 Å². The maximum atomic E-state index is 12.6. The van der Waals surface area contributed by atoms with Crippen LogP contribution >= 0.6 is 0 Å². The lowest BCUT2D eigenvalue weighted by atomic mass is 9.98. The predicted octanol–water partition coefficient (Wildman–Crippen LogP) is -0.937. The quantitative estimate of drug-likeness (QED) is 0.634. The van der Waals surface area contributed by atoms with E-state index < -0.39 is 12.1 Å². The van der Waals surface area contributed by atoms with Gasteiger partial charge in [-0.1, -0.05) is 6.07 Å². The van der Waals surface area contributed by atoms with Crippen molar-refractivity contribution in [2.45, 2.75) is 18.7 Å². The zero-order valence-corrected chi connectivity index (χ0v) is 14.9. The fraction of sp³-hybridized carbons (Fsp3) is 0.438. The number of methoxy groups -OCH3 is 2. The molecule has 0 saturated carbocycles. The summed E-state index contributed by atoms with van der Waals surface area (Å²) in [5.74, 6) is 0.398. The van der Waals surface area contributed by atoms with E-state index in [-0.39, 0.29) is 18.4 Å². The van der Waals surface area contributed by atoms with E-state index in [1.165, 1.54) is 25.2 Å². The lowest BCUT2D eigenvalue weighted by Gasteiger charge is -2.32. The molecule has 1 aliphatic rings. The van der Waals surface area contributed by atoms with Crippen LogP contribution in [0.15, 0.2) is 24.5 Å². The average molecular weight is 376 g/mol. The highest BCUT2D eigenvalue weighted by Gasteiger charge is 2.36. The first kappa shape index (κ1) is 18.6. The molecule has 1 aromatic carbocycles. The molecule has 0 spiro atoms. The van der Waals surface area contributed by atoms with Gasteiger partial charge in [0, 0.05) is 6.54 Å². The van der Waals surface area contributed by atoms with Crippen molar-refractivity contribution in [3.05, 3.63) is 30.1 Å². The van der Waals surface area contributed by atoms with Crippen LogP contribution in [0.5, 0.6) is 11.5 Å². The molecule has 3 rings (SSSR count). The average Bonchev–Trinajstić information content (AvgIpc) is 3.20. The molecule has 0 aliphatic carbocycles. The van der Waals surface area contributed by atoms with Gasteiger partial charge in [0.2, 0.25) is 5.91 Å². The van der Waals surface area contributed by atoms with Crippen LogP contribution in [-0.2, 0) is 20.9 Å². The van der Waals surface area contributed by atoms with E-state index in [1.807, 2.05) is 0 Å². The van der Waals surface area contributed by atoms with Gasteiger partial charge >= 0.3 is 0 Å². The van der Waals surface area contributed by atoms with Crippen LogP contribution in [0.3, 0.4) is 0 Å². The molecule has 2 N–H and O–H groups in total. The normalized spacial score (nSPS) is 19.3. The van der Waals surface area contributed by atoms with Crippen molar-refractivity contribution in [1.29, 1.82) is 0 Å². The molecule has 11 heteroatoms. The molecule has 0 radical (unpaired) electrons. The van der Waals surface area contributed by atoms with Gasteiger partial charge in [0.05, 0.1) is 26.8 Å². The van der Waals surface area contributed by atoms with Crippen LogP contribution in [0.1, 0.15) is 11.6 Å². The number of rotatable bonds is 7. The van der Waals surface area contributed by atoms with E-state index in [1.54, 1.807) is 18.2 Å². The number of nitrogens with zero attached hydrogens (tertiary/aromatic N) is 4. The Morgan fingerprint density at radius 3 is 2.89 bits per heavy atom. The summed E-state index contributed by atoms with van der Waals surface area (Å²) in [6.07, 6.45) is 0.574. The lowest BCUT2D eigenvalue weighted by molar-refractivity contribution is -0.148. The molecule has 11 nitrogen and oxygen atoms in total. The third-order valence-electron chi connectivity index (χ3n) is 4.07.